The van der Waals surface area contributed by atoms with Crippen LogP contribution in [0.25, 0.3) is 0 Å². The van der Waals surface area contributed by atoms with Gasteiger partial charge in [-0.2, -0.15) is 0 Å². The molecule has 1 fully saturated rings. The van der Waals surface area contributed by atoms with Crippen molar-refractivity contribution in [2.24, 2.45) is 0 Å². The van der Waals surface area contributed by atoms with E-state index in [1.165, 1.54) is 0 Å². The number of hydrogen-bond donors (Lipinski definition) is 1. The Morgan fingerprint density at radius 1 is 1.30 bits per heavy atom. The minimum absolute atomic E-state index is 0.0568. The molecule has 0 bridgehead atoms. The molecule has 1 N–H and O–H groups in total. The zero-order valence-electron chi connectivity index (χ0n) is 11.2. The number of hydrogen-bond acceptors (Lipinski definition) is 4. The second-order valence-corrected chi connectivity index (χ2v) is 4.37. The lowest BCUT2D eigenvalue weighted by atomic mass is 10.1. The first-order valence-electron chi connectivity index (χ1n) is 6.46. The quantitative estimate of drug-likeness (QED) is 0.820. The molecule has 20 heavy (non-hydrogen) atoms. The summed E-state index contributed by atoms with van der Waals surface area (Å²) in [6, 6.07) is 6.21. The van der Waals surface area contributed by atoms with Gasteiger partial charge in [0.15, 0.2) is 12.4 Å². The smallest absolute Gasteiger partial charge is 0.324 e. The number of rotatable bonds is 5. The SMILES string of the molecule is CCC(=O)c1ccc(OCC(=O)N2CCNC2=O)cc1. The van der Waals surface area contributed by atoms with E-state index in [1.54, 1.807) is 31.2 Å². The summed E-state index contributed by atoms with van der Waals surface area (Å²) >= 11 is 0. The largest absolute Gasteiger partial charge is 0.484 e. The van der Waals surface area contributed by atoms with E-state index in [9.17, 15) is 14.4 Å². The average molecular weight is 276 g/mol. The number of nitrogens with zero attached hydrogens (tertiary/aromatic N) is 1. The van der Waals surface area contributed by atoms with E-state index in [0.29, 0.717) is 30.8 Å². The van der Waals surface area contributed by atoms with Crippen LogP contribution in [-0.4, -0.2) is 42.3 Å². The predicted octanol–water partition coefficient (Wildman–Crippen LogP) is 1.21. The molecule has 1 aromatic rings. The normalized spacial score (nSPS) is 14.1. The minimum Gasteiger partial charge on any atom is -0.484 e. The monoisotopic (exact) mass is 276 g/mol. The van der Waals surface area contributed by atoms with Crippen molar-refractivity contribution in [2.45, 2.75) is 13.3 Å². The lowest BCUT2D eigenvalue weighted by Gasteiger charge is -2.12. The molecule has 2 rings (SSSR count). The second kappa shape index (κ2) is 6.18. The summed E-state index contributed by atoms with van der Waals surface area (Å²) in [7, 11) is 0. The van der Waals surface area contributed by atoms with Crippen LogP contribution < -0.4 is 10.1 Å². The molecule has 6 heteroatoms. The summed E-state index contributed by atoms with van der Waals surface area (Å²) in [4.78, 5) is 35.6. The molecule has 0 aromatic heterocycles. The summed E-state index contributed by atoms with van der Waals surface area (Å²) in [6.45, 7) is 2.43. The minimum atomic E-state index is -0.387. The third-order valence-corrected chi connectivity index (χ3v) is 3.02. The van der Waals surface area contributed by atoms with Crippen LogP contribution in [0.5, 0.6) is 5.75 Å². The van der Waals surface area contributed by atoms with Gasteiger partial charge in [-0.15, -0.1) is 0 Å². The van der Waals surface area contributed by atoms with Gasteiger partial charge in [-0.1, -0.05) is 6.92 Å². The lowest BCUT2D eigenvalue weighted by Crippen LogP contribution is -2.37. The van der Waals surface area contributed by atoms with Gasteiger partial charge in [0.2, 0.25) is 0 Å². The van der Waals surface area contributed by atoms with Gasteiger partial charge in [-0.05, 0) is 24.3 Å². The molecule has 1 aliphatic rings. The van der Waals surface area contributed by atoms with Crippen molar-refractivity contribution in [1.82, 2.24) is 10.2 Å². The van der Waals surface area contributed by atoms with Gasteiger partial charge in [0, 0.05) is 25.1 Å². The van der Waals surface area contributed by atoms with Gasteiger partial charge < -0.3 is 10.1 Å². The van der Waals surface area contributed by atoms with E-state index in [-0.39, 0.29) is 24.3 Å². The molecular weight excluding hydrogens is 260 g/mol. The predicted molar refractivity (Wildman–Crippen MR) is 71.7 cm³/mol. The molecule has 1 saturated heterocycles. The Hall–Kier alpha value is -2.37. The van der Waals surface area contributed by atoms with Gasteiger partial charge >= 0.3 is 6.03 Å². The van der Waals surface area contributed by atoms with E-state index in [0.717, 1.165) is 4.90 Å². The molecule has 0 atom stereocenters. The van der Waals surface area contributed by atoms with Crippen molar-refractivity contribution in [2.75, 3.05) is 19.7 Å². The van der Waals surface area contributed by atoms with Crippen LogP contribution in [0, 0.1) is 0 Å². The Labute approximate surface area is 116 Å². The number of imide groups is 1. The first-order valence-corrected chi connectivity index (χ1v) is 6.46. The summed E-state index contributed by atoms with van der Waals surface area (Å²) in [5, 5.41) is 2.55. The third kappa shape index (κ3) is 3.14. The van der Waals surface area contributed by atoms with E-state index < -0.39 is 0 Å². The first-order chi connectivity index (χ1) is 9.61. The van der Waals surface area contributed by atoms with Crippen LogP contribution in [-0.2, 0) is 4.79 Å². The van der Waals surface area contributed by atoms with Crippen molar-refractivity contribution in [3.05, 3.63) is 29.8 Å². The fourth-order valence-electron chi connectivity index (χ4n) is 1.87. The second-order valence-electron chi connectivity index (χ2n) is 4.37. The number of amides is 3. The molecule has 1 aromatic carbocycles. The Morgan fingerprint density at radius 3 is 2.55 bits per heavy atom. The molecule has 0 unspecified atom stereocenters. The van der Waals surface area contributed by atoms with Crippen LogP contribution in [0.15, 0.2) is 24.3 Å². The zero-order chi connectivity index (χ0) is 14.5. The number of Topliss-reactive ketones (excluding diaryl/α,β-unsaturated/α-hetero) is 1. The topological polar surface area (TPSA) is 75.7 Å². The van der Waals surface area contributed by atoms with Gasteiger partial charge in [0.1, 0.15) is 5.75 Å². The number of benzene rings is 1. The number of nitrogens with one attached hydrogen (secondary N) is 1. The number of urea groups is 1. The van der Waals surface area contributed by atoms with Crippen molar-refractivity contribution < 1.29 is 19.1 Å². The van der Waals surface area contributed by atoms with E-state index >= 15 is 0 Å². The highest BCUT2D eigenvalue weighted by atomic mass is 16.5. The zero-order valence-corrected chi connectivity index (χ0v) is 11.2. The molecule has 0 saturated carbocycles. The van der Waals surface area contributed by atoms with Gasteiger partial charge in [-0.25, -0.2) is 4.79 Å². The summed E-state index contributed by atoms with van der Waals surface area (Å²) in [6.07, 6.45) is 0.447. The molecular formula is C14H16N2O4. The van der Waals surface area contributed by atoms with E-state index in [2.05, 4.69) is 5.32 Å². The van der Waals surface area contributed by atoms with Crippen LogP contribution >= 0.6 is 0 Å². The molecule has 0 spiro atoms. The van der Waals surface area contributed by atoms with Crippen molar-refractivity contribution in [3.63, 3.8) is 0 Å². The van der Waals surface area contributed by atoms with Gasteiger partial charge in [0.05, 0.1) is 0 Å². The van der Waals surface area contributed by atoms with Crippen molar-refractivity contribution in [1.29, 1.82) is 0 Å². The van der Waals surface area contributed by atoms with Gasteiger partial charge in [0.25, 0.3) is 5.91 Å². The van der Waals surface area contributed by atoms with Crippen LogP contribution in [0.2, 0.25) is 0 Å². The summed E-state index contributed by atoms with van der Waals surface area (Å²) < 4.78 is 5.31. The molecule has 6 nitrogen and oxygen atoms in total. The lowest BCUT2D eigenvalue weighted by molar-refractivity contribution is -0.129. The maximum atomic E-state index is 11.7. The molecule has 1 aliphatic heterocycles. The van der Waals surface area contributed by atoms with Crippen LogP contribution in [0.1, 0.15) is 23.7 Å². The molecule has 0 radical (unpaired) electrons. The maximum Gasteiger partial charge on any atom is 0.324 e. The van der Waals surface area contributed by atoms with Gasteiger partial charge in [-0.3, -0.25) is 14.5 Å². The summed E-state index contributed by atoms with van der Waals surface area (Å²) in [5.74, 6) is 0.167. The fourth-order valence-corrected chi connectivity index (χ4v) is 1.87. The Morgan fingerprint density at radius 2 is 2.00 bits per heavy atom. The Balaban J connectivity index is 1.89. The third-order valence-electron chi connectivity index (χ3n) is 3.02. The number of ether oxygens (including phenoxy) is 1. The molecule has 106 valence electrons. The molecule has 3 amide bonds. The highest BCUT2D eigenvalue weighted by molar-refractivity contribution is 5.97. The maximum absolute atomic E-state index is 11.7. The van der Waals surface area contributed by atoms with Crippen LogP contribution in [0.3, 0.4) is 0 Å². The number of carbonyl (C=O) groups is 3. The molecule has 1 heterocycles. The highest BCUT2D eigenvalue weighted by Gasteiger charge is 2.26. The Bertz CT molecular complexity index is 524. The Kier molecular flexibility index (Phi) is 4.34. The number of ketones is 1. The molecule has 0 aliphatic carbocycles. The highest BCUT2D eigenvalue weighted by Crippen LogP contribution is 2.13. The van der Waals surface area contributed by atoms with E-state index in [4.69, 9.17) is 4.74 Å². The summed E-state index contributed by atoms with van der Waals surface area (Å²) in [5.41, 5.74) is 0.616. The van der Waals surface area contributed by atoms with E-state index in [1.807, 2.05) is 0 Å². The van der Waals surface area contributed by atoms with Crippen molar-refractivity contribution >= 4 is 17.7 Å². The number of carbonyl (C=O) groups excluding carboxylic acids is 3. The van der Waals surface area contributed by atoms with Crippen molar-refractivity contribution in [3.8, 4) is 5.75 Å². The average Bonchev–Trinajstić information content (AvgIpc) is 2.90. The first kappa shape index (κ1) is 14.0. The standard InChI is InChI=1S/C14H16N2O4/c1-2-12(17)10-3-5-11(6-4-10)20-9-13(18)16-8-7-15-14(16)19/h3-6H,2,7-9H2,1H3,(H,15,19). The van der Waals surface area contributed by atoms with Crippen LogP contribution in [0.4, 0.5) is 4.79 Å². The fraction of sp³-hybridized carbons (Fsp3) is 0.357.